The van der Waals surface area contributed by atoms with Gasteiger partial charge in [0.05, 0.1) is 24.1 Å². The lowest BCUT2D eigenvalue weighted by molar-refractivity contribution is 0.0970. The van der Waals surface area contributed by atoms with Gasteiger partial charge in [-0.05, 0) is 29.8 Å². The van der Waals surface area contributed by atoms with Gasteiger partial charge in [-0.2, -0.15) is 0 Å². The Hall–Kier alpha value is -3.72. The number of hydrogen-bond acceptors (Lipinski definition) is 8. The van der Waals surface area contributed by atoms with E-state index in [0.29, 0.717) is 21.7 Å². The van der Waals surface area contributed by atoms with Crippen molar-refractivity contribution in [3.05, 3.63) is 74.6 Å². The number of hydrogen-bond donors (Lipinski definition) is 1. The van der Waals surface area contributed by atoms with Gasteiger partial charge in [-0.3, -0.25) is 14.5 Å². The number of phenols is 1. The van der Waals surface area contributed by atoms with Crippen LogP contribution in [0.25, 0.3) is 11.0 Å². The smallest absolute Gasteiger partial charge is 0.297 e. The molecule has 8 nitrogen and oxygen atoms in total. The Labute approximate surface area is 186 Å². The van der Waals surface area contributed by atoms with Crippen LogP contribution in [-0.2, 0) is 0 Å². The summed E-state index contributed by atoms with van der Waals surface area (Å²) < 4.78 is 11.2. The van der Waals surface area contributed by atoms with E-state index in [1.54, 1.807) is 36.4 Å². The predicted molar refractivity (Wildman–Crippen MR) is 120 cm³/mol. The summed E-state index contributed by atoms with van der Waals surface area (Å²) in [6.07, 6.45) is 0. The Bertz CT molecular complexity index is 1420. The quantitative estimate of drug-likeness (QED) is 0.497. The van der Waals surface area contributed by atoms with Gasteiger partial charge in [-0.15, -0.1) is 10.2 Å². The van der Waals surface area contributed by atoms with E-state index in [1.165, 1.54) is 29.4 Å². The van der Waals surface area contributed by atoms with Gasteiger partial charge >= 0.3 is 0 Å². The fourth-order valence-corrected chi connectivity index (χ4v) is 4.73. The number of phenolic OH excluding ortho intramolecular Hbond substituents is 1. The van der Waals surface area contributed by atoms with Gasteiger partial charge in [0.15, 0.2) is 16.9 Å². The fraction of sp³-hybridized carbons (Fsp3) is 0.217. The van der Waals surface area contributed by atoms with Gasteiger partial charge in [0.1, 0.15) is 10.6 Å². The van der Waals surface area contributed by atoms with E-state index in [0.717, 1.165) is 5.01 Å². The monoisotopic (exact) mass is 449 g/mol. The van der Waals surface area contributed by atoms with Crippen LogP contribution in [0.2, 0.25) is 0 Å². The van der Waals surface area contributed by atoms with Crippen LogP contribution < -0.4 is 15.1 Å². The summed E-state index contributed by atoms with van der Waals surface area (Å²) in [4.78, 5) is 28.5. The molecule has 1 N–H and O–H groups in total. The zero-order valence-electron chi connectivity index (χ0n) is 17.5. The van der Waals surface area contributed by atoms with E-state index in [4.69, 9.17) is 9.15 Å². The highest BCUT2D eigenvalue weighted by atomic mass is 32.1. The minimum Gasteiger partial charge on any atom is -0.504 e. The Kier molecular flexibility index (Phi) is 4.70. The summed E-state index contributed by atoms with van der Waals surface area (Å²) in [5, 5.41) is 20.0. The van der Waals surface area contributed by atoms with Crippen LogP contribution >= 0.6 is 11.3 Å². The molecule has 1 aliphatic rings. The number of rotatable bonds is 4. The second kappa shape index (κ2) is 7.45. The summed E-state index contributed by atoms with van der Waals surface area (Å²) in [6, 6.07) is 10.7. The maximum atomic E-state index is 13.5. The number of methoxy groups -OCH3 is 1. The van der Waals surface area contributed by atoms with Crippen molar-refractivity contribution in [3.63, 3.8) is 0 Å². The van der Waals surface area contributed by atoms with Crippen molar-refractivity contribution in [1.29, 1.82) is 0 Å². The molecule has 5 rings (SSSR count). The molecule has 0 spiro atoms. The zero-order valence-corrected chi connectivity index (χ0v) is 18.3. The Morgan fingerprint density at radius 3 is 2.66 bits per heavy atom. The third kappa shape index (κ3) is 2.96. The lowest BCUT2D eigenvalue weighted by atomic mass is 9.98. The van der Waals surface area contributed by atoms with Gasteiger partial charge in [0.25, 0.3) is 5.91 Å². The molecule has 32 heavy (non-hydrogen) atoms. The van der Waals surface area contributed by atoms with Crippen LogP contribution in [0.5, 0.6) is 11.5 Å². The van der Waals surface area contributed by atoms with E-state index < -0.39 is 11.9 Å². The van der Waals surface area contributed by atoms with E-state index in [2.05, 4.69) is 10.2 Å². The number of carbonyl (C=O) groups excluding carboxylic acids is 1. The molecule has 0 fully saturated rings. The number of ether oxygens (including phenoxy) is 1. The number of amides is 1. The minimum atomic E-state index is -0.805. The van der Waals surface area contributed by atoms with Crippen molar-refractivity contribution in [2.45, 2.75) is 25.8 Å². The minimum absolute atomic E-state index is 0.0213. The third-order valence-electron chi connectivity index (χ3n) is 5.43. The summed E-state index contributed by atoms with van der Waals surface area (Å²) in [5.41, 5.74) is 0.857. The van der Waals surface area contributed by atoms with Crippen molar-refractivity contribution in [1.82, 2.24) is 10.2 Å². The fourth-order valence-electron chi connectivity index (χ4n) is 3.85. The molecule has 1 amide bonds. The highest BCUT2D eigenvalue weighted by Crippen LogP contribution is 2.44. The Morgan fingerprint density at radius 1 is 1.16 bits per heavy atom. The molecular formula is C23H19N3O5S. The molecule has 0 saturated heterocycles. The highest BCUT2D eigenvalue weighted by Gasteiger charge is 2.45. The van der Waals surface area contributed by atoms with Crippen molar-refractivity contribution < 1.29 is 19.1 Å². The molecule has 2 aromatic carbocycles. The number of benzene rings is 2. The molecule has 0 radical (unpaired) electrons. The SMILES string of the molecule is COc1cc(C2c3c(oc4ccccc4c3=O)C(=O)N2c2nnc(C(C)C)s2)ccc1O. The highest BCUT2D eigenvalue weighted by molar-refractivity contribution is 7.15. The second-order valence-electron chi connectivity index (χ2n) is 7.76. The molecule has 9 heteroatoms. The third-order valence-corrected chi connectivity index (χ3v) is 6.65. The number of carbonyl (C=O) groups is 1. The van der Waals surface area contributed by atoms with Crippen molar-refractivity contribution >= 4 is 33.3 Å². The van der Waals surface area contributed by atoms with Gasteiger partial charge in [0, 0.05) is 5.92 Å². The molecule has 1 atom stereocenters. The van der Waals surface area contributed by atoms with Gasteiger partial charge < -0.3 is 14.3 Å². The Balaban J connectivity index is 1.79. The number of anilines is 1. The average molecular weight is 449 g/mol. The first kappa shape index (κ1) is 20.2. The summed E-state index contributed by atoms with van der Waals surface area (Å²) in [7, 11) is 1.44. The van der Waals surface area contributed by atoms with Crippen LogP contribution in [0, 0.1) is 0 Å². The van der Waals surface area contributed by atoms with Gasteiger partial charge in [-0.25, -0.2) is 0 Å². The molecule has 4 aromatic rings. The summed E-state index contributed by atoms with van der Waals surface area (Å²) >= 11 is 1.29. The number of nitrogens with zero attached hydrogens (tertiary/aromatic N) is 3. The lowest BCUT2D eigenvalue weighted by Gasteiger charge is -2.22. The van der Waals surface area contributed by atoms with E-state index in [1.807, 2.05) is 13.8 Å². The largest absolute Gasteiger partial charge is 0.504 e. The normalized spacial score (nSPS) is 15.6. The molecule has 0 aliphatic carbocycles. The number of aromatic hydroxyl groups is 1. The first-order chi connectivity index (χ1) is 15.4. The number of fused-ring (bicyclic) bond motifs is 2. The van der Waals surface area contributed by atoms with Crippen molar-refractivity contribution in [3.8, 4) is 11.5 Å². The van der Waals surface area contributed by atoms with Crippen LogP contribution in [0.15, 0.2) is 51.7 Å². The van der Waals surface area contributed by atoms with Gasteiger partial charge in [0.2, 0.25) is 10.9 Å². The van der Waals surface area contributed by atoms with Crippen LogP contribution in [0.3, 0.4) is 0 Å². The molecule has 3 heterocycles. The van der Waals surface area contributed by atoms with Crippen LogP contribution in [0.4, 0.5) is 5.13 Å². The maximum absolute atomic E-state index is 13.5. The second-order valence-corrected chi connectivity index (χ2v) is 8.74. The first-order valence-corrected chi connectivity index (χ1v) is 10.8. The molecular weight excluding hydrogens is 430 g/mol. The van der Waals surface area contributed by atoms with E-state index in [9.17, 15) is 14.7 Å². The molecule has 162 valence electrons. The molecule has 2 aromatic heterocycles. The summed E-state index contributed by atoms with van der Waals surface area (Å²) in [6.45, 7) is 3.98. The topological polar surface area (TPSA) is 106 Å². The van der Waals surface area contributed by atoms with Crippen LogP contribution in [-0.4, -0.2) is 28.3 Å². The predicted octanol–water partition coefficient (Wildman–Crippen LogP) is 4.23. The standard InChI is InChI=1S/C23H19N3O5S/c1-11(2)21-24-25-23(32-21)26-18(12-8-9-14(27)16(10-12)30-3)17-19(28)13-6-4-5-7-15(13)31-20(17)22(26)29/h4-11,18,27H,1-3H3. The molecule has 0 bridgehead atoms. The van der Waals surface area contributed by atoms with Crippen molar-refractivity contribution in [2.75, 3.05) is 12.0 Å². The van der Waals surface area contributed by atoms with Gasteiger partial charge in [-0.1, -0.05) is 43.4 Å². The first-order valence-electron chi connectivity index (χ1n) is 10.00. The van der Waals surface area contributed by atoms with Crippen molar-refractivity contribution in [2.24, 2.45) is 0 Å². The number of para-hydroxylation sites is 1. The average Bonchev–Trinajstić information content (AvgIpc) is 3.38. The van der Waals surface area contributed by atoms with E-state index >= 15 is 0 Å². The van der Waals surface area contributed by atoms with E-state index in [-0.39, 0.29) is 34.2 Å². The van der Waals surface area contributed by atoms with Crippen LogP contribution in [0.1, 0.15) is 52.5 Å². The summed E-state index contributed by atoms with van der Waals surface area (Å²) in [5.74, 6) is -0.168. The molecule has 1 unspecified atom stereocenters. The number of aromatic nitrogens is 2. The maximum Gasteiger partial charge on any atom is 0.297 e. The molecule has 0 saturated carbocycles. The zero-order chi connectivity index (χ0) is 22.6. The lowest BCUT2D eigenvalue weighted by Crippen LogP contribution is -2.29. The Morgan fingerprint density at radius 2 is 1.94 bits per heavy atom. The molecule has 1 aliphatic heterocycles.